The fourth-order valence-electron chi connectivity index (χ4n) is 2.03. The van der Waals surface area contributed by atoms with E-state index in [0.29, 0.717) is 10.6 Å². The zero-order valence-corrected chi connectivity index (χ0v) is 14.1. The third-order valence-corrected chi connectivity index (χ3v) is 7.50. The molecule has 0 radical (unpaired) electrons. The molecule has 8 heteroatoms. The first-order chi connectivity index (χ1) is 10.6. The van der Waals surface area contributed by atoms with Gasteiger partial charge in [-0.25, -0.2) is 8.42 Å². The van der Waals surface area contributed by atoms with E-state index in [-0.39, 0.29) is 0 Å². The molecule has 0 aliphatic heterocycles. The van der Waals surface area contributed by atoms with Crippen LogP contribution in [0.3, 0.4) is 0 Å². The highest BCUT2D eigenvalue weighted by atomic mass is 32.2. The van der Waals surface area contributed by atoms with Gasteiger partial charge in [0.2, 0.25) is 0 Å². The summed E-state index contributed by atoms with van der Waals surface area (Å²) >= 11 is 0. The molecule has 2 aromatic rings. The first kappa shape index (κ1) is 17.9. The van der Waals surface area contributed by atoms with Crippen LogP contribution in [-0.4, -0.2) is 13.9 Å². The molecule has 2 aromatic carbocycles. The van der Waals surface area contributed by atoms with Crippen molar-refractivity contribution in [3.63, 3.8) is 0 Å². The maximum absolute atomic E-state index is 12.8. The number of nitrogens with one attached hydrogen (secondary N) is 1. The van der Waals surface area contributed by atoms with Gasteiger partial charge in [0.25, 0.3) is 0 Å². The van der Waals surface area contributed by atoms with E-state index in [1.54, 1.807) is 62.4 Å². The fourth-order valence-corrected chi connectivity index (χ4v) is 5.78. The van der Waals surface area contributed by atoms with Crippen molar-refractivity contribution in [3.05, 3.63) is 59.7 Å². The van der Waals surface area contributed by atoms with Crippen LogP contribution in [0.4, 0.5) is 13.2 Å². The lowest BCUT2D eigenvalue weighted by Crippen LogP contribution is -2.38. The molecule has 0 aliphatic carbocycles. The zero-order chi connectivity index (χ0) is 17.3. The highest BCUT2D eigenvalue weighted by molar-refractivity contribution is 7.98. The van der Waals surface area contributed by atoms with Gasteiger partial charge >= 0.3 is 15.5 Å². The molecule has 2 rings (SSSR count). The van der Waals surface area contributed by atoms with Crippen LogP contribution in [0.1, 0.15) is 11.1 Å². The second-order valence-corrected chi connectivity index (χ2v) is 8.78. The van der Waals surface area contributed by atoms with Crippen molar-refractivity contribution < 1.29 is 21.6 Å². The topological polar surface area (TPSA) is 46.2 Å². The summed E-state index contributed by atoms with van der Waals surface area (Å²) in [5.41, 5.74) is -3.89. The normalized spacial score (nSPS) is 12.6. The number of halogens is 3. The Balaban J connectivity index is 2.59. The summed E-state index contributed by atoms with van der Waals surface area (Å²) in [6.45, 7) is 3.48. The summed E-state index contributed by atoms with van der Waals surface area (Å²) in [4.78, 5) is 0. The van der Waals surface area contributed by atoms with Gasteiger partial charge in [-0.15, -0.1) is 0 Å². The SMILES string of the molecule is Cc1ccccc1P(NS(=O)(=O)C(F)(F)F)c1ccccc1C. The monoisotopic (exact) mass is 361 g/mol. The lowest BCUT2D eigenvalue weighted by atomic mass is 10.2. The lowest BCUT2D eigenvalue weighted by Gasteiger charge is -2.23. The molecule has 1 N–H and O–H groups in total. The summed E-state index contributed by atoms with van der Waals surface area (Å²) in [5.74, 6) is 0. The Morgan fingerprint density at radius 3 is 1.61 bits per heavy atom. The minimum atomic E-state index is -5.45. The quantitative estimate of drug-likeness (QED) is 0.851. The van der Waals surface area contributed by atoms with E-state index < -0.39 is 23.6 Å². The molecular weight excluding hydrogens is 346 g/mol. The summed E-state index contributed by atoms with van der Waals surface area (Å²) < 4.78 is 63.4. The van der Waals surface area contributed by atoms with Crippen LogP contribution in [-0.2, 0) is 10.0 Å². The van der Waals surface area contributed by atoms with E-state index in [2.05, 4.69) is 0 Å². The number of sulfonamides is 1. The molecule has 0 spiro atoms. The lowest BCUT2D eigenvalue weighted by molar-refractivity contribution is -0.0440. The van der Waals surface area contributed by atoms with Crippen LogP contribution in [0.5, 0.6) is 0 Å². The van der Waals surface area contributed by atoms with Crippen molar-refractivity contribution in [3.8, 4) is 0 Å². The molecule has 0 heterocycles. The Bertz CT molecular complexity index is 761. The molecule has 3 nitrogen and oxygen atoms in total. The van der Waals surface area contributed by atoms with Gasteiger partial charge in [0.05, 0.1) is 0 Å². The molecule has 23 heavy (non-hydrogen) atoms. The number of aryl methyl sites for hydroxylation is 2. The van der Waals surface area contributed by atoms with Gasteiger partial charge in [0.1, 0.15) is 0 Å². The molecule has 124 valence electrons. The Labute approximate surface area is 134 Å². The standard InChI is InChI=1S/C15H15F3NO2PS/c1-11-7-3-5-9-13(11)22(14-10-6-4-8-12(14)2)19-23(20,21)15(16,17)18/h3-10,19H,1-2H3. The third kappa shape index (κ3) is 3.91. The van der Waals surface area contributed by atoms with Crippen molar-refractivity contribution in [1.29, 1.82) is 0 Å². The minimum Gasteiger partial charge on any atom is -0.203 e. The molecule has 0 unspecified atom stereocenters. The van der Waals surface area contributed by atoms with Gasteiger partial charge in [0.15, 0.2) is 0 Å². The van der Waals surface area contributed by atoms with Crippen LogP contribution < -0.4 is 15.1 Å². The molecule has 0 saturated heterocycles. The van der Waals surface area contributed by atoms with Crippen molar-refractivity contribution in [1.82, 2.24) is 4.49 Å². The van der Waals surface area contributed by atoms with Crippen LogP contribution in [0.15, 0.2) is 48.5 Å². The van der Waals surface area contributed by atoms with E-state index in [0.717, 1.165) is 11.1 Å². The first-order valence-corrected chi connectivity index (χ1v) is 9.46. The van der Waals surface area contributed by atoms with Gasteiger partial charge in [-0.2, -0.15) is 17.7 Å². The average molecular weight is 361 g/mol. The molecular formula is C15H15F3NO2PS. The smallest absolute Gasteiger partial charge is 0.203 e. The number of alkyl halides is 3. The maximum Gasteiger partial charge on any atom is 0.511 e. The molecule has 0 bridgehead atoms. The van der Waals surface area contributed by atoms with Crippen molar-refractivity contribution in [2.45, 2.75) is 19.4 Å². The second kappa shape index (κ2) is 6.59. The average Bonchev–Trinajstić information content (AvgIpc) is 2.45. The molecule has 0 amide bonds. The Morgan fingerprint density at radius 2 is 1.26 bits per heavy atom. The second-order valence-electron chi connectivity index (χ2n) is 4.95. The number of hydrogen-bond acceptors (Lipinski definition) is 2. The van der Waals surface area contributed by atoms with Gasteiger partial charge in [0, 0.05) is 8.07 Å². The summed E-state index contributed by atoms with van der Waals surface area (Å²) in [7, 11) is -7.35. The van der Waals surface area contributed by atoms with Crippen molar-refractivity contribution in [2.75, 3.05) is 0 Å². The van der Waals surface area contributed by atoms with Gasteiger partial charge in [-0.3, -0.25) is 0 Å². The fraction of sp³-hybridized carbons (Fsp3) is 0.200. The van der Waals surface area contributed by atoms with Crippen molar-refractivity contribution >= 4 is 28.7 Å². The molecule has 0 saturated carbocycles. The van der Waals surface area contributed by atoms with Crippen LogP contribution in [0, 0.1) is 13.8 Å². The zero-order valence-electron chi connectivity index (χ0n) is 12.4. The van der Waals surface area contributed by atoms with E-state index in [1.165, 1.54) is 0 Å². The summed E-state index contributed by atoms with van der Waals surface area (Å²) in [5, 5.41) is 1.09. The third-order valence-electron chi connectivity index (χ3n) is 3.23. The first-order valence-electron chi connectivity index (χ1n) is 6.63. The molecule has 0 aliphatic rings. The van der Waals surface area contributed by atoms with Crippen LogP contribution >= 0.6 is 8.07 Å². The predicted octanol–water partition coefficient (Wildman–Crippen LogP) is 3.09. The largest absolute Gasteiger partial charge is 0.511 e. The Morgan fingerprint density at radius 1 is 0.870 bits per heavy atom. The molecule has 0 atom stereocenters. The molecule has 0 fully saturated rings. The number of hydrogen-bond donors (Lipinski definition) is 1. The van der Waals surface area contributed by atoms with Crippen LogP contribution in [0.2, 0.25) is 0 Å². The van der Waals surface area contributed by atoms with Gasteiger partial charge < -0.3 is 0 Å². The van der Waals surface area contributed by atoms with Gasteiger partial charge in [-0.1, -0.05) is 48.5 Å². The summed E-state index contributed by atoms with van der Waals surface area (Å²) in [6, 6.07) is 13.6. The van der Waals surface area contributed by atoms with E-state index in [4.69, 9.17) is 0 Å². The van der Waals surface area contributed by atoms with E-state index >= 15 is 0 Å². The Kier molecular flexibility index (Phi) is 5.14. The molecule has 0 aromatic heterocycles. The van der Waals surface area contributed by atoms with E-state index in [1.807, 2.05) is 4.49 Å². The van der Waals surface area contributed by atoms with Gasteiger partial charge in [-0.05, 0) is 35.6 Å². The summed E-state index contributed by atoms with van der Waals surface area (Å²) in [6.07, 6.45) is 0. The highest BCUT2D eigenvalue weighted by Gasteiger charge is 2.47. The Hall–Kier alpha value is -1.43. The number of benzene rings is 2. The van der Waals surface area contributed by atoms with Crippen LogP contribution in [0.25, 0.3) is 0 Å². The number of rotatable bonds is 4. The highest BCUT2D eigenvalue weighted by Crippen LogP contribution is 2.36. The van der Waals surface area contributed by atoms with Crippen molar-refractivity contribution in [2.24, 2.45) is 0 Å². The maximum atomic E-state index is 12.8. The predicted molar refractivity (Wildman–Crippen MR) is 86.7 cm³/mol. The minimum absolute atomic E-state index is 0.546. The van der Waals surface area contributed by atoms with E-state index in [9.17, 15) is 21.6 Å².